The molecule has 2 N–H and O–H groups in total. The lowest BCUT2D eigenvalue weighted by molar-refractivity contribution is 0.102. The van der Waals surface area contributed by atoms with Gasteiger partial charge in [-0.3, -0.25) is 14.6 Å². The molecule has 0 spiro atoms. The summed E-state index contributed by atoms with van der Waals surface area (Å²) in [5.74, 6) is -0.755. The summed E-state index contributed by atoms with van der Waals surface area (Å²) in [6, 6.07) is 17.3. The maximum atomic E-state index is 12.6. The van der Waals surface area contributed by atoms with Crippen LogP contribution in [0.2, 0.25) is 0 Å². The first-order chi connectivity index (χ1) is 13.5. The molecule has 0 saturated carbocycles. The van der Waals surface area contributed by atoms with E-state index in [0.29, 0.717) is 16.8 Å². The van der Waals surface area contributed by atoms with E-state index in [-0.39, 0.29) is 11.6 Å². The first-order valence-electron chi connectivity index (χ1n) is 8.62. The fourth-order valence-corrected chi connectivity index (χ4v) is 2.58. The zero-order valence-electron chi connectivity index (χ0n) is 15.5. The smallest absolute Gasteiger partial charge is 0.274 e. The molecule has 0 atom stereocenters. The van der Waals surface area contributed by atoms with Gasteiger partial charge >= 0.3 is 0 Å². The average Bonchev–Trinajstić information content (AvgIpc) is 2.71. The minimum Gasteiger partial charge on any atom is -0.322 e. The minimum atomic E-state index is -0.439. The van der Waals surface area contributed by atoms with Crippen LogP contribution in [0.3, 0.4) is 0 Å². The molecule has 3 aromatic rings. The highest BCUT2D eigenvalue weighted by atomic mass is 16.2. The third-order valence-corrected chi connectivity index (χ3v) is 4.17. The Kier molecular flexibility index (Phi) is 5.47. The van der Waals surface area contributed by atoms with Crippen molar-refractivity contribution < 1.29 is 9.59 Å². The van der Waals surface area contributed by atoms with Crippen molar-refractivity contribution in [1.82, 2.24) is 4.98 Å². The van der Waals surface area contributed by atoms with E-state index in [1.807, 2.05) is 38.1 Å². The molecule has 0 saturated heterocycles. The van der Waals surface area contributed by atoms with Crippen LogP contribution in [0.25, 0.3) is 0 Å². The van der Waals surface area contributed by atoms with E-state index in [2.05, 4.69) is 15.6 Å². The van der Waals surface area contributed by atoms with Crippen LogP contribution in [-0.4, -0.2) is 16.8 Å². The number of aromatic nitrogens is 1. The molecular weight excluding hydrogens is 352 g/mol. The van der Waals surface area contributed by atoms with Crippen molar-refractivity contribution in [1.29, 1.82) is 5.26 Å². The molecule has 0 aliphatic heterocycles. The Morgan fingerprint density at radius 2 is 1.68 bits per heavy atom. The highest BCUT2D eigenvalue weighted by Crippen LogP contribution is 2.18. The predicted molar refractivity (Wildman–Crippen MR) is 107 cm³/mol. The third kappa shape index (κ3) is 4.40. The number of carbonyl (C=O) groups excluding carboxylic acids is 2. The predicted octanol–water partition coefficient (Wildman–Crippen LogP) is 4.07. The molecular formula is C22H18N4O2. The Labute approximate surface area is 162 Å². The molecule has 1 heterocycles. The van der Waals surface area contributed by atoms with Crippen molar-refractivity contribution in [2.45, 2.75) is 13.8 Å². The van der Waals surface area contributed by atoms with E-state index in [0.717, 1.165) is 16.8 Å². The number of rotatable bonds is 4. The zero-order chi connectivity index (χ0) is 20.1. The molecule has 3 rings (SSSR count). The number of carbonyl (C=O) groups is 2. The van der Waals surface area contributed by atoms with Crippen LogP contribution in [0.1, 0.15) is 37.5 Å². The quantitative estimate of drug-likeness (QED) is 0.723. The second-order valence-corrected chi connectivity index (χ2v) is 6.35. The summed E-state index contributed by atoms with van der Waals surface area (Å²) in [4.78, 5) is 29.1. The van der Waals surface area contributed by atoms with E-state index in [9.17, 15) is 9.59 Å². The summed E-state index contributed by atoms with van der Waals surface area (Å²) in [5.41, 5.74) is 4.21. The van der Waals surface area contributed by atoms with Crippen LogP contribution in [0.15, 0.2) is 60.8 Å². The lowest BCUT2D eigenvalue weighted by atomic mass is 10.1. The van der Waals surface area contributed by atoms with Crippen molar-refractivity contribution in [2.24, 2.45) is 0 Å². The molecule has 28 heavy (non-hydrogen) atoms. The molecule has 0 radical (unpaired) electrons. The summed E-state index contributed by atoms with van der Waals surface area (Å²) in [6.07, 6.45) is 1.42. The number of hydrogen-bond acceptors (Lipinski definition) is 4. The van der Waals surface area contributed by atoms with Crippen molar-refractivity contribution >= 4 is 23.2 Å². The Bertz CT molecular complexity index is 1080. The van der Waals surface area contributed by atoms with Gasteiger partial charge in [0.2, 0.25) is 0 Å². The molecule has 138 valence electrons. The first kappa shape index (κ1) is 18.8. The number of aryl methyl sites for hydroxylation is 2. The topological polar surface area (TPSA) is 94.9 Å². The van der Waals surface area contributed by atoms with Gasteiger partial charge in [0.1, 0.15) is 5.69 Å². The van der Waals surface area contributed by atoms with Crippen molar-refractivity contribution in [2.75, 3.05) is 10.6 Å². The van der Waals surface area contributed by atoms with E-state index in [4.69, 9.17) is 5.26 Å². The van der Waals surface area contributed by atoms with Crippen LogP contribution in [0.5, 0.6) is 0 Å². The Morgan fingerprint density at radius 1 is 0.929 bits per heavy atom. The van der Waals surface area contributed by atoms with Gasteiger partial charge in [0.25, 0.3) is 11.8 Å². The van der Waals surface area contributed by atoms with Gasteiger partial charge in [0, 0.05) is 23.1 Å². The molecule has 0 bridgehead atoms. The minimum absolute atomic E-state index is 0.123. The zero-order valence-corrected chi connectivity index (χ0v) is 15.5. The molecule has 6 heteroatoms. The fourth-order valence-electron chi connectivity index (χ4n) is 2.58. The first-order valence-corrected chi connectivity index (χ1v) is 8.62. The normalized spacial score (nSPS) is 10.0. The van der Waals surface area contributed by atoms with Crippen molar-refractivity contribution in [3.05, 3.63) is 88.7 Å². The fraction of sp³-hybridized carbons (Fsp3) is 0.0909. The monoisotopic (exact) mass is 370 g/mol. The van der Waals surface area contributed by atoms with E-state index in [1.165, 1.54) is 12.3 Å². The number of nitriles is 1. The summed E-state index contributed by atoms with van der Waals surface area (Å²) in [6.45, 7) is 3.87. The number of anilines is 2. The third-order valence-electron chi connectivity index (χ3n) is 4.17. The molecule has 2 aromatic carbocycles. The Hall–Kier alpha value is -3.98. The van der Waals surface area contributed by atoms with Gasteiger partial charge in [0.05, 0.1) is 11.6 Å². The van der Waals surface area contributed by atoms with E-state index < -0.39 is 5.91 Å². The number of nitrogens with zero attached hydrogens (tertiary/aromatic N) is 2. The van der Waals surface area contributed by atoms with Crippen molar-refractivity contribution in [3.63, 3.8) is 0 Å². The van der Waals surface area contributed by atoms with Crippen LogP contribution in [0.4, 0.5) is 11.4 Å². The van der Waals surface area contributed by atoms with Gasteiger partial charge in [-0.05, 0) is 67.4 Å². The van der Waals surface area contributed by atoms with Crippen LogP contribution < -0.4 is 10.6 Å². The molecule has 0 aliphatic carbocycles. The average molecular weight is 370 g/mol. The van der Waals surface area contributed by atoms with Gasteiger partial charge in [-0.2, -0.15) is 5.26 Å². The lowest BCUT2D eigenvalue weighted by Gasteiger charge is -2.10. The maximum absolute atomic E-state index is 12.6. The molecule has 0 fully saturated rings. The summed E-state index contributed by atoms with van der Waals surface area (Å²) in [7, 11) is 0. The second kappa shape index (κ2) is 8.14. The van der Waals surface area contributed by atoms with Gasteiger partial charge in [-0.15, -0.1) is 0 Å². The SMILES string of the molecule is Cc1ccc(C)c(NC(=O)c2ccnc(C(=O)Nc3ccc(C#N)cc3)c2)c1. The standard InChI is InChI=1S/C22H18N4O2/c1-14-3-4-15(2)19(11-14)26-21(27)17-9-10-24-20(12-17)22(28)25-18-7-5-16(13-23)6-8-18/h3-12H,1-2H3,(H,25,28)(H,26,27). The molecule has 0 unspecified atom stereocenters. The largest absolute Gasteiger partial charge is 0.322 e. The highest BCUT2D eigenvalue weighted by molar-refractivity contribution is 6.08. The summed E-state index contributed by atoms with van der Waals surface area (Å²) >= 11 is 0. The summed E-state index contributed by atoms with van der Waals surface area (Å²) in [5, 5.41) is 14.4. The molecule has 6 nitrogen and oxygen atoms in total. The number of pyridine rings is 1. The second-order valence-electron chi connectivity index (χ2n) is 6.35. The van der Waals surface area contributed by atoms with Crippen LogP contribution in [-0.2, 0) is 0 Å². The highest BCUT2D eigenvalue weighted by Gasteiger charge is 2.13. The number of benzene rings is 2. The van der Waals surface area contributed by atoms with E-state index in [1.54, 1.807) is 30.3 Å². The van der Waals surface area contributed by atoms with Crippen LogP contribution >= 0.6 is 0 Å². The van der Waals surface area contributed by atoms with Crippen LogP contribution in [0, 0.1) is 25.2 Å². The lowest BCUT2D eigenvalue weighted by Crippen LogP contribution is -2.17. The molecule has 2 amide bonds. The van der Waals surface area contributed by atoms with E-state index >= 15 is 0 Å². The summed E-state index contributed by atoms with van der Waals surface area (Å²) < 4.78 is 0. The van der Waals surface area contributed by atoms with Crippen molar-refractivity contribution in [3.8, 4) is 6.07 Å². The Morgan fingerprint density at radius 3 is 2.39 bits per heavy atom. The van der Waals surface area contributed by atoms with Gasteiger partial charge in [-0.1, -0.05) is 12.1 Å². The van der Waals surface area contributed by atoms with Gasteiger partial charge in [0.15, 0.2) is 0 Å². The number of nitrogens with one attached hydrogen (secondary N) is 2. The maximum Gasteiger partial charge on any atom is 0.274 e. The Balaban J connectivity index is 1.75. The number of amides is 2. The number of hydrogen-bond donors (Lipinski definition) is 2. The molecule has 1 aromatic heterocycles. The van der Waals surface area contributed by atoms with Gasteiger partial charge in [-0.25, -0.2) is 0 Å². The van der Waals surface area contributed by atoms with Gasteiger partial charge < -0.3 is 10.6 Å². The molecule has 0 aliphatic rings.